The van der Waals surface area contributed by atoms with Crippen molar-refractivity contribution >= 4 is 23.1 Å². The minimum atomic E-state index is -3.62. The summed E-state index contributed by atoms with van der Waals surface area (Å²) in [7, 11) is 0. The van der Waals surface area contributed by atoms with Crippen LogP contribution in [0.2, 0.25) is 0 Å². The Labute approximate surface area is 160 Å². The molecular formula is C18H19ClF2N6. The number of benzene rings is 1. The third-order valence-electron chi connectivity index (χ3n) is 4.97. The van der Waals surface area contributed by atoms with Gasteiger partial charge in [-0.1, -0.05) is 30.3 Å². The van der Waals surface area contributed by atoms with Gasteiger partial charge < -0.3 is 4.90 Å². The Balaban J connectivity index is 1.50. The lowest BCUT2D eigenvalue weighted by molar-refractivity contribution is 0.0820. The first kappa shape index (κ1) is 18.1. The van der Waals surface area contributed by atoms with E-state index >= 15 is 0 Å². The van der Waals surface area contributed by atoms with Crippen molar-refractivity contribution in [3.63, 3.8) is 0 Å². The number of hydrogen-bond acceptors (Lipinski definition) is 5. The molecule has 1 aliphatic rings. The van der Waals surface area contributed by atoms with Gasteiger partial charge in [0.15, 0.2) is 5.65 Å². The molecule has 0 amide bonds. The molecule has 1 saturated heterocycles. The second kappa shape index (κ2) is 7.01. The summed E-state index contributed by atoms with van der Waals surface area (Å²) < 4.78 is 28.0. The van der Waals surface area contributed by atoms with E-state index in [0.717, 1.165) is 30.7 Å². The summed E-state index contributed by atoms with van der Waals surface area (Å²) in [4.78, 5) is 4.48. The van der Waals surface area contributed by atoms with Crippen molar-refractivity contribution in [2.75, 3.05) is 31.1 Å². The molecule has 1 atom stereocenters. The van der Waals surface area contributed by atoms with Gasteiger partial charge in [0, 0.05) is 32.2 Å². The molecule has 0 bridgehead atoms. The predicted octanol–water partition coefficient (Wildman–Crippen LogP) is 3.30. The lowest BCUT2D eigenvalue weighted by Gasteiger charge is -2.38. The molecule has 3 aromatic rings. The first-order valence-corrected chi connectivity index (χ1v) is 9.15. The highest BCUT2D eigenvalue weighted by molar-refractivity contribution is 6.21. The number of anilines is 1. The highest BCUT2D eigenvalue weighted by atomic mass is 35.5. The van der Waals surface area contributed by atoms with Gasteiger partial charge in [0.2, 0.25) is 5.82 Å². The van der Waals surface area contributed by atoms with E-state index in [1.807, 2.05) is 18.2 Å². The monoisotopic (exact) mass is 392 g/mol. The lowest BCUT2D eigenvalue weighted by atomic mass is 10.1. The molecule has 0 radical (unpaired) electrons. The van der Waals surface area contributed by atoms with Gasteiger partial charge >= 0.3 is 5.38 Å². The second-order valence-corrected chi connectivity index (χ2v) is 7.07. The summed E-state index contributed by atoms with van der Waals surface area (Å²) in [5.74, 6) is -0.0613. The third-order valence-corrected chi connectivity index (χ3v) is 5.14. The van der Waals surface area contributed by atoms with Crippen LogP contribution in [0.25, 0.3) is 5.65 Å². The van der Waals surface area contributed by atoms with Gasteiger partial charge in [0.1, 0.15) is 5.82 Å². The minimum Gasteiger partial charge on any atom is -0.353 e. The highest BCUT2D eigenvalue weighted by Gasteiger charge is 2.35. The van der Waals surface area contributed by atoms with Gasteiger partial charge in [-0.25, -0.2) is 0 Å². The Kier molecular flexibility index (Phi) is 4.69. The van der Waals surface area contributed by atoms with Crippen LogP contribution in [0.3, 0.4) is 0 Å². The van der Waals surface area contributed by atoms with Crippen molar-refractivity contribution in [3.8, 4) is 0 Å². The SMILES string of the molecule is CC(c1ccccc1)N1CCN(c2ccc3nnc(C(F)(F)Cl)n3n2)CC1. The molecule has 9 heteroatoms. The molecule has 0 spiro atoms. The molecule has 3 heterocycles. The molecule has 1 fully saturated rings. The molecule has 142 valence electrons. The summed E-state index contributed by atoms with van der Waals surface area (Å²) in [5, 5.41) is 7.83. The van der Waals surface area contributed by atoms with Gasteiger partial charge in [-0.15, -0.1) is 15.3 Å². The average molecular weight is 393 g/mol. The maximum Gasteiger partial charge on any atom is 0.383 e. The zero-order chi connectivity index (χ0) is 19.0. The number of nitrogens with zero attached hydrogens (tertiary/aromatic N) is 6. The van der Waals surface area contributed by atoms with Crippen LogP contribution in [0, 0.1) is 0 Å². The van der Waals surface area contributed by atoms with E-state index in [0.29, 0.717) is 11.9 Å². The quantitative estimate of drug-likeness (QED) is 0.638. The average Bonchev–Trinajstić information content (AvgIpc) is 3.12. The van der Waals surface area contributed by atoms with E-state index in [-0.39, 0.29) is 5.65 Å². The normalized spacial score (nSPS) is 17.4. The molecule has 4 rings (SSSR count). The fourth-order valence-corrected chi connectivity index (χ4v) is 3.52. The number of rotatable bonds is 4. The molecule has 0 aliphatic carbocycles. The summed E-state index contributed by atoms with van der Waals surface area (Å²) in [6, 6.07) is 14.1. The minimum absolute atomic E-state index is 0.241. The number of aromatic nitrogens is 4. The van der Waals surface area contributed by atoms with Crippen LogP contribution in [0.15, 0.2) is 42.5 Å². The fourth-order valence-electron chi connectivity index (χ4n) is 3.41. The van der Waals surface area contributed by atoms with Crippen LogP contribution in [0.1, 0.15) is 24.4 Å². The van der Waals surface area contributed by atoms with Crippen LogP contribution < -0.4 is 4.90 Å². The van der Waals surface area contributed by atoms with Crippen molar-refractivity contribution in [2.45, 2.75) is 18.3 Å². The lowest BCUT2D eigenvalue weighted by Crippen LogP contribution is -2.47. The molecule has 2 aromatic heterocycles. The standard InChI is InChI=1S/C18H19ClF2N6/c1-13(14-5-3-2-4-6-14)25-9-11-26(12-10-25)16-8-7-15-22-23-17(18(19,20)21)27(15)24-16/h2-8,13H,9-12H2,1H3. The molecule has 1 aromatic carbocycles. The Bertz CT molecular complexity index is 918. The molecule has 27 heavy (non-hydrogen) atoms. The van der Waals surface area contributed by atoms with Crippen molar-refractivity contribution < 1.29 is 8.78 Å². The Hall–Kier alpha value is -2.32. The second-order valence-electron chi connectivity index (χ2n) is 6.59. The highest BCUT2D eigenvalue weighted by Crippen LogP contribution is 2.31. The number of hydrogen-bond donors (Lipinski definition) is 0. The van der Waals surface area contributed by atoms with Crippen molar-refractivity contribution in [3.05, 3.63) is 53.9 Å². The molecule has 6 nitrogen and oxygen atoms in total. The Morgan fingerprint density at radius 2 is 1.70 bits per heavy atom. The van der Waals surface area contributed by atoms with Crippen LogP contribution in [-0.2, 0) is 5.38 Å². The van der Waals surface area contributed by atoms with E-state index in [2.05, 4.69) is 44.2 Å². The van der Waals surface area contributed by atoms with E-state index in [1.165, 1.54) is 5.56 Å². The third kappa shape index (κ3) is 3.59. The van der Waals surface area contributed by atoms with Crippen molar-refractivity contribution in [1.29, 1.82) is 0 Å². The summed E-state index contributed by atoms with van der Waals surface area (Å²) in [6.45, 7) is 5.42. The van der Waals surface area contributed by atoms with Gasteiger partial charge in [-0.2, -0.15) is 13.3 Å². The first-order valence-electron chi connectivity index (χ1n) is 8.77. The van der Waals surface area contributed by atoms with Crippen LogP contribution >= 0.6 is 11.6 Å². The van der Waals surface area contributed by atoms with Gasteiger partial charge in [0.05, 0.1) is 0 Å². The van der Waals surface area contributed by atoms with Crippen molar-refractivity contribution in [1.82, 2.24) is 24.7 Å². The summed E-state index contributed by atoms with van der Waals surface area (Å²) in [5.41, 5.74) is 1.52. The maximum atomic E-state index is 13.5. The van der Waals surface area contributed by atoms with Gasteiger partial charge in [-0.05, 0) is 36.2 Å². The van der Waals surface area contributed by atoms with E-state index in [1.54, 1.807) is 12.1 Å². The molecular weight excluding hydrogens is 374 g/mol. The summed E-state index contributed by atoms with van der Waals surface area (Å²) in [6.07, 6.45) is 0. The molecule has 0 N–H and O–H groups in total. The van der Waals surface area contributed by atoms with Gasteiger partial charge in [-0.3, -0.25) is 4.90 Å². The fraction of sp³-hybridized carbons (Fsp3) is 0.389. The number of fused-ring (bicyclic) bond motifs is 1. The maximum absolute atomic E-state index is 13.5. The van der Waals surface area contributed by atoms with Crippen molar-refractivity contribution in [2.24, 2.45) is 0 Å². The van der Waals surface area contributed by atoms with Crippen LogP contribution in [-0.4, -0.2) is 50.9 Å². The van der Waals surface area contributed by atoms with Crippen LogP contribution in [0.5, 0.6) is 0 Å². The largest absolute Gasteiger partial charge is 0.383 e. The Morgan fingerprint density at radius 3 is 2.37 bits per heavy atom. The van der Waals surface area contributed by atoms with Gasteiger partial charge in [0.25, 0.3) is 0 Å². The number of piperazine rings is 1. The smallest absolute Gasteiger partial charge is 0.353 e. The van der Waals surface area contributed by atoms with E-state index in [9.17, 15) is 8.78 Å². The molecule has 0 saturated carbocycles. The zero-order valence-corrected chi connectivity index (χ0v) is 15.5. The summed E-state index contributed by atoms with van der Waals surface area (Å²) >= 11 is 5.11. The molecule has 1 unspecified atom stereocenters. The topological polar surface area (TPSA) is 49.6 Å². The van der Waals surface area contributed by atoms with Crippen LogP contribution in [0.4, 0.5) is 14.6 Å². The number of halogens is 3. The number of alkyl halides is 3. The molecule has 1 aliphatic heterocycles. The first-order chi connectivity index (χ1) is 12.9. The van der Waals surface area contributed by atoms with E-state index in [4.69, 9.17) is 11.6 Å². The predicted molar refractivity (Wildman–Crippen MR) is 99.2 cm³/mol. The Morgan fingerprint density at radius 1 is 1.00 bits per heavy atom. The van der Waals surface area contributed by atoms with E-state index < -0.39 is 11.2 Å². The zero-order valence-electron chi connectivity index (χ0n) is 14.8.